The molecule has 0 heterocycles. The van der Waals surface area contributed by atoms with Gasteiger partial charge >= 0.3 is 0 Å². The second-order valence-corrected chi connectivity index (χ2v) is 2.93. The molecule has 13 heavy (non-hydrogen) atoms. The van der Waals surface area contributed by atoms with Crippen molar-refractivity contribution in [2.24, 2.45) is 0 Å². The molecule has 0 saturated carbocycles. The van der Waals surface area contributed by atoms with E-state index in [1.165, 1.54) is 23.0 Å². The third kappa shape index (κ3) is 3.83. The first-order chi connectivity index (χ1) is 6.08. The van der Waals surface area contributed by atoms with Crippen molar-refractivity contribution in [3.05, 3.63) is 0 Å². The summed E-state index contributed by atoms with van der Waals surface area (Å²) in [5.41, 5.74) is 0. The first kappa shape index (κ1) is 13.2. The van der Waals surface area contributed by atoms with Gasteiger partial charge in [0, 0.05) is 0 Å². The quantitative estimate of drug-likeness (QED) is 0.334. The number of aliphatic hydroxyl groups excluding tert-OH is 4. The molecule has 0 aromatic carbocycles. The summed E-state index contributed by atoms with van der Waals surface area (Å²) in [6.07, 6.45) is -5.60. The summed E-state index contributed by atoms with van der Waals surface area (Å²) < 4.78 is 4.48. The van der Waals surface area contributed by atoms with Gasteiger partial charge in [-0.15, -0.1) is 0 Å². The Balaban J connectivity index is 4.21. The molecule has 0 radical (unpaired) electrons. The number of rotatable bonds is 6. The topological polar surface area (TPSA) is 107 Å². The molecular weight excluding hydrogens is 295 g/mol. The maximum Gasteiger partial charge on any atom is 0.153 e. The molecule has 0 spiro atoms. The van der Waals surface area contributed by atoms with Gasteiger partial charge in [-0.2, -0.15) is 0 Å². The Kier molecular flexibility index (Phi) is 6.73. The molecule has 7 heteroatoms. The molecule has 0 aromatic heterocycles. The molecule has 0 bridgehead atoms. The van der Waals surface area contributed by atoms with Crippen LogP contribution in [0.5, 0.6) is 0 Å². The molecule has 0 aliphatic rings. The Hall–Kier alpha value is 0.200. The highest BCUT2D eigenvalue weighted by molar-refractivity contribution is 14.1. The Morgan fingerprint density at radius 3 is 2.15 bits per heavy atom. The summed E-state index contributed by atoms with van der Waals surface area (Å²) in [5.74, 6) is 0. The number of hydrogen-bond acceptors (Lipinski definition) is 6. The van der Waals surface area contributed by atoms with Crippen LogP contribution in [0, 0.1) is 0 Å². The predicted octanol–water partition coefficient (Wildman–Crippen LogP) is -2.00. The zero-order valence-electron chi connectivity index (χ0n) is 6.58. The molecule has 0 aliphatic carbocycles. The van der Waals surface area contributed by atoms with Crippen LogP contribution in [0.4, 0.5) is 0 Å². The van der Waals surface area contributed by atoms with Gasteiger partial charge in [-0.05, 0) is 0 Å². The van der Waals surface area contributed by atoms with Crippen molar-refractivity contribution in [1.82, 2.24) is 0 Å². The summed E-state index contributed by atoms with van der Waals surface area (Å²) in [6.45, 7) is -0.703. The Bertz CT molecular complexity index is 154. The summed E-state index contributed by atoms with van der Waals surface area (Å²) >= 11 is 1.39. The lowest BCUT2D eigenvalue weighted by atomic mass is 10.0. The molecule has 0 amide bonds. The minimum atomic E-state index is -1.62. The molecule has 0 aliphatic heterocycles. The van der Waals surface area contributed by atoms with E-state index in [4.69, 9.17) is 15.3 Å². The zero-order valence-corrected chi connectivity index (χ0v) is 8.73. The molecule has 0 fully saturated rings. The van der Waals surface area contributed by atoms with Gasteiger partial charge in [-0.3, -0.25) is 0 Å². The van der Waals surface area contributed by atoms with Crippen LogP contribution < -0.4 is 0 Å². The largest absolute Gasteiger partial charge is 0.394 e. The van der Waals surface area contributed by atoms with Gasteiger partial charge < -0.3 is 28.3 Å². The van der Waals surface area contributed by atoms with Crippen molar-refractivity contribution in [1.29, 1.82) is 0 Å². The van der Waals surface area contributed by atoms with Crippen LogP contribution in [0.1, 0.15) is 0 Å². The van der Waals surface area contributed by atoms with Crippen molar-refractivity contribution < 1.29 is 28.3 Å². The fourth-order valence-corrected chi connectivity index (χ4v) is 1.10. The van der Waals surface area contributed by atoms with Crippen LogP contribution in [0.25, 0.3) is 0 Å². The molecule has 4 unspecified atom stereocenters. The van der Waals surface area contributed by atoms with Gasteiger partial charge in [0.2, 0.25) is 0 Å². The highest BCUT2D eigenvalue weighted by Gasteiger charge is 2.31. The van der Waals surface area contributed by atoms with Crippen LogP contribution in [0.2, 0.25) is 0 Å². The van der Waals surface area contributed by atoms with Crippen LogP contribution in [-0.2, 0) is 7.86 Å². The number of carbonyl (C=O) groups excluding carboxylic acids is 1. The summed E-state index contributed by atoms with van der Waals surface area (Å²) in [6, 6.07) is 0. The number of carbonyl (C=O) groups is 1. The second kappa shape index (κ2) is 6.62. The van der Waals surface area contributed by atoms with Gasteiger partial charge in [0.05, 0.1) is 6.61 Å². The number of aldehydes is 1. The van der Waals surface area contributed by atoms with Crippen LogP contribution in [0.15, 0.2) is 0 Å². The predicted molar refractivity (Wildman–Crippen MR) is 50.1 cm³/mol. The zero-order chi connectivity index (χ0) is 10.4. The number of halogens is 1. The fourth-order valence-electron chi connectivity index (χ4n) is 0.684. The molecule has 78 valence electrons. The number of hydrogen-bond donors (Lipinski definition) is 4. The molecule has 0 aromatic rings. The second-order valence-electron chi connectivity index (χ2n) is 2.42. The smallest absolute Gasteiger partial charge is 0.153 e. The lowest BCUT2D eigenvalue weighted by Crippen LogP contribution is -2.46. The van der Waals surface area contributed by atoms with Crippen LogP contribution in [-0.4, -0.2) is 57.7 Å². The molecule has 4 atom stereocenters. The van der Waals surface area contributed by atoms with E-state index in [0.717, 1.165) is 0 Å². The number of aliphatic hydroxyl groups is 4. The van der Waals surface area contributed by atoms with Crippen LogP contribution in [0.3, 0.4) is 0 Å². The van der Waals surface area contributed by atoms with Crippen molar-refractivity contribution >= 4 is 29.3 Å². The molecule has 0 rings (SSSR count). The average molecular weight is 306 g/mol. The first-order valence-corrected chi connectivity index (χ1v) is 4.34. The van der Waals surface area contributed by atoms with E-state index in [1.807, 2.05) is 0 Å². The maximum atomic E-state index is 10.2. The van der Waals surface area contributed by atoms with Gasteiger partial charge in [0.1, 0.15) is 41.3 Å². The first-order valence-electron chi connectivity index (χ1n) is 3.46. The van der Waals surface area contributed by atoms with Crippen molar-refractivity contribution in [2.45, 2.75) is 24.4 Å². The fraction of sp³-hybridized carbons (Fsp3) is 0.833. The van der Waals surface area contributed by atoms with Crippen molar-refractivity contribution in [3.63, 3.8) is 0 Å². The monoisotopic (exact) mass is 306 g/mol. The lowest BCUT2D eigenvalue weighted by Gasteiger charge is -2.23. The van der Waals surface area contributed by atoms with E-state index < -0.39 is 31.0 Å². The van der Waals surface area contributed by atoms with E-state index >= 15 is 0 Å². The minimum absolute atomic E-state index is 0.296. The highest BCUT2D eigenvalue weighted by Crippen LogP contribution is 2.08. The normalized spacial score (nSPS) is 20.4. The highest BCUT2D eigenvalue weighted by atomic mass is 127. The van der Waals surface area contributed by atoms with Gasteiger partial charge in [-0.25, -0.2) is 0 Å². The molecule has 6 nitrogen and oxygen atoms in total. The van der Waals surface area contributed by atoms with E-state index in [9.17, 15) is 9.90 Å². The average Bonchev–Trinajstić information content (AvgIpc) is 2.17. The van der Waals surface area contributed by atoms with E-state index in [1.54, 1.807) is 0 Å². The third-order valence-corrected chi connectivity index (χ3v) is 2.09. The summed E-state index contributed by atoms with van der Waals surface area (Å²) in [5, 5.41) is 35.6. The summed E-state index contributed by atoms with van der Waals surface area (Å²) in [4.78, 5) is 10.2. The molecule has 0 saturated heterocycles. The SMILES string of the molecule is O=CC(OI)C(O)C(O)C(O)CO. The third-order valence-electron chi connectivity index (χ3n) is 1.50. The minimum Gasteiger partial charge on any atom is -0.394 e. The van der Waals surface area contributed by atoms with E-state index in [-0.39, 0.29) is 0 Å². The van der Waals surface area contributed by atoms with E-state index in [2.05, 4.69) is 3.07 Å². The lowest BCUT2D eigenvalue weighted by molar-refractivity contribution is -0.129. The standard InChI is InChI=1S/C6H11IO6/c7-13-4(2-9)6(12)5(11)3(10)1-8/h2-6,8,10-12H,1H2. The van der Waals surface area contributed by atoms with Gasteiger partial charge in [0.15, 0.2) is 12.4 Å². The maximum absolute atomic E-state index is 10.2. The van der Waals surface area contributed by atoms with Crippen molar-refractivity contribution in [2.75, 3.05) is 6.61 Å². The Morgan fingerprint density at radius 1 is 1.31 bits per heavy atom. The summed E-state index contributed by atoms with van der Waals surface area (Å²) in [7, 11) is 0. The van der Waals surface area contributed by atoms with Gasteiger partial charge in [-0.1, -0.05) is 0 Å². The molecular formula is C6H11IO6. The van der Waals surface area contributed by atoms with Gasteiger partial charge in [0.25, 0.3) is 0 Å². The van der Waals surface area contributed by atoms with E-state index in [0.29, 0.717) is 6.29 Å². The Labute approximate surface area is 88.8 Å². The molecule has 4 N–H and O–H groups in total. The Morgan fingerprint density at radius 2 is 1.85 bits per heavy atom. The van der Waals surface area contributed by atoms with Crippen LogP contribution >= 0.6 is 23.0 Å². The van der Waals surface area contributed by atoms with Crippen molar-refractivity contribution in [3.8, 4) is 0 Å².